The number of hydrogen-bond acceptors (Lipinski definition) is 5. The standard InChI is InChI=1S/C46H28N4S/c47-28-30-13-19-40-41-20-18-35(26-45(41)51-44(40)22-30)38-23-37(32-16-14-31(15-17-32)36-12-7-21-48-29-36)24-39(25-38)43-27-42(33-8-3-1-4-9-33)49-46(50-43)34-10-5-2-6-11-34/h1-27,29H. The summed E-state index contributed by atoms with van der Waals surface area (Å²) in [4.78, 5) is 14.5. The summed E-state index contributed by atoms with van der Waals surface area (Å²) in [6.45, 7) is 0. The lowest BCUT2D eigenvalue weighted by molar-refractivity contribution is 1.18. The van der Waals surface area contributed by atoms with Gasteiger partial charge in [0.25, 0.3) is 0 Å². The van der Waals surface area contributed by atoms with Crippen LogP contribution < -0.4 is 0 Å². The van der Waals surface area contributed by atoms with Gasteiger partial charge in [-0.1, -0.05) is 109 Å². The van der Waals surface area contributed by atoms with Gasteiger partial charge in [-0.25, -0.2) is 9.97 Å². The van der Waals surface area contributed by atoms with E-state index in [9.17, 15) is 5.26 Å². The lowest BCUT2D eigenvalue weighted by Crippen LogP contribution is -1.96. The van der Waals surface area contributed by atoms with Crippen molar-refractivity contribution < 1.29 is 0 Å². The van der Waals surface area contributed by atoms with E-state index < -0.39 is 0 Å². The Balaban J connectivity index is 1.23. The van der Waals surface area contributed by atoms with Gasteiger partial charge in [0.1, 0.15) is 0 Å². The summed E-state index contributed by atoms with van der Waals surface area (Å²) in [5.41, 5.74) is 12.0. The van der Waals surface area contributed by atoms with Crippen LogP contribution in [0.5, 0.6) is 0 Å². The molecule has 3 aromatic heterocycles. The largest absolute Gasteiger partial charge is 0.264 e. The van der Waals surface area contributed by atoms with Gasteiger partial charge < -0.3 is 0 Å². The van der Waals surface area contributed by atoms with Gasteiger partial charge in [-0.2, -0.15) is 5.26 Å². The second-order valence-corrected chi connectivity index (χ2v) is 13.5. The molecule has 0 amide bonds. The molecule has 0 spiro atoms. The highest BCUT2D eigenvalue weighted by Gasteiger charge is 2.15. The van der Waals surface area contributed by atoms with Gasteiger partial charge in [-0.05, 0) is 81.9 Å². The summed E-state index contributed by atoms with van der Waals surface area (Å²) in [5, 5.41) is 11.9. The lowest BCUT2D eigenvalue weighted by atomic mass is 9.93. The SMILES string of the molecule is N#Cc1ccc2c(c1)sc1cc(-c3cc(-c4ccc(-c5cccnc5)cc4)cc(-c4cc(-c5ccccc5)nc(-c5ccccc5)n4)c3)ccc12. The molecule has 0 saturated heterocycles. The molecule has 0 aliphatic rings. The summed E-state index contributed by atoms with van der Waals surface area (Å²) in [7, 11) is 0. The number of nitriles is 1. The third-order valence-electron chi connectivity index (χ3n) is 9.21. The summed E-state index contributed by atoms with van der Waals surface area (Å²) in [5.74, 6) is 0.683. The number of benzene rings is 6. The van der Waals surface area contributed by atoms with Crippen molar-refractivity contribution in [3.05, 3.63) is 176 Å². The van der Waals surface area contributed by atoms with Crippen LogP contribution >= 0.6 is 11.3 Å². The zero-order chi connectivity index (χ0) is 34.1. The van der Waals surface area contributed by atoms with E-state index >= 15 is 0 Å². The average Bonchev–Trinajstić information content (AvgIpc) is 3.58. The number of fused-ring (bicyclic) bond motifs is 3. The number of hydrogen-bond donors (Lipinski definition) is 0. The first-order valence-corrected chi connectivity index (χ1v) is 17.5. The molecular formula is C46H28N4S. The summed E-state index contributed by atoms with van der Waals surface area (Å²) in [6, 6.07) is 56.9. The molecule has 0 N–H and O–H groups in total. The molecule has 51 heavy (non-hydrogen) atoms. The fraction of sp³-hybridized carbons (Fsp3) is 0. The Morgan fingerprint density at radius 1 is 0.431 bits per heavy atom. The molecule has 0 aliphatic heterocycles. The van der Waals surface area contributed by atoms with Crippen molar-refractivity contribution in [2.24, 2.45) is 0 Å². The smallest absolute Gasteiger partial charge is 0.160 e. The number of rotatable bonds is 6. The Hall–Kier alpha value is -6.74. The van der Waals surface area contributed by atoms with Crippen molar-refractivity contribution in [2.75, 3.05) is 0 Å². The third-order valence-corrected chi connectivity index (χ3v) is 10.3. The van der Waals surface area contributed by atoms with Gasteiger partial charge in [0.05, 0.1) is 23.0 Å². The van der Waals surface area contributed by atoms with E-state index in [1.54, 1.807) is 17.5 Å². The van der Waals surface area contributed by atoms with E-state index in [1.165, 1.54) is 15.5 Å². The lowest BCUT2D eigenvalue weighted by Gasteiger charge is -2.14. The minimum Gasteiger partial charge on any atom is -0.264 e. The summed E-state index contributed by atoms with van der Waals surface area (Å²) < 4.78 is 2.30. The fourth-order valence-corrected chi connectivity index (χ4v) is 7.78. The number of pyridine rings is 1. The number of aromatic nitrogens is 3. The molecular weight excluding hydrogens is 641 g/mol. The quantitative estimate of drug-likeness (QED) is 0.177. The van der Waals surface area contributed by atoms with Crippen LogP contribution in [0.1, 0.15) is 5.56 Å². The zero-order valence-corrected chi connectivity index (χ0v) is 28.2. The van der Waals surface area contributed by atoms with Gasteiger partial charge in [-0.3, -0.25) is 4.98 Å². The molecule has 0 unspecified atom stereocenters. The molecule has 5 heteroatoms. The predicted molar refractivity (Wildman–Crippen MR) is 210 cm³/mol. The normalized spacial score (nSPS) is 11.1. The van der Waals surface area contributed by atoms with E-state index in [0.717, 1.165) is 66.2 Å². The minimum atomic E-state index is 0.677. The number of nitrogens with zero attached hydrogens (tertiary/aromatic N) is 4. The van der Waals surface area contributed by atoms with Crippen molar-refractivity contribution in [1.29, 1.82) is 5.26 Å². The molecule has 0 radical (unpaired) electrons. The van der Waals surface area contributed by atoms with Crippen molar-refractivity contribution in [2.45, 2.75) is 0 Å². The van der Waals surface area contributed by atoms with E-state index in [1.807, 2.05) is 60.8 Å². The van der Waals surface area contributed by atoms with Gasteiger partial charge in [-0.15, -0.1) is 11.3 Å². The Labute approximate surface area is 299 Å². The molecule has 0 aliphatic carbocycles. The molecule has 3 heterocycles. The maximum atomic E-state index is 9.48. The van der Waals surface area contributed by atoms with Gasteiger partial charge in [0.2, 0.25) is 0 Å². The van der Waals surface area contributed by atoms with Crippen LogP contribution in [0, 0.1) is 11.3 Å². The zero-order valence-electron chi connectivity index (χ0n) is 27.4. The van der Waals surface area contributed by atoms with E-state index in [0.29, 0.717) is 11.4 Å². The first-order valence-electron chi connectivity index (χ1n) is 16.7. The van der Waals surface area contributed by atoms with Crippen molar-refractivity contribution in [3.8, 4) is 73.4 Å². The second kappa shape index (κ2) is 12.9. The first-order chi connectivity index (χ1) is 25.2. The van der Waals surface area contributed by atoms with Crippen molar-refractivity contribution >= 4 is 31.5 Å². The van der Waals surface area contributed by atoms with Gasteiger partial charge in [0, 0.05) is 49.3 Å². The first kappa shape index (κ1) is 30.3. The molecule has 238 valence electrons. The molecule has 0 bridgehead atoms. The maximum absolute atomic E-state index is 9.48. The molecule has 9 aromatic rings. The molecule has 6 aromatic carbocycles. The highest BCUT2D eigenvalue weighted by Crippen LogP contribution is 2.39. The second-order valence-electron chi connectivity index (χ2n) is 12.4. The fourth-order valence-electron chi connectivity index (χ4n) is 6.59. The highest BCUT2D eigenvalue weighted by molar-refractivity contribution is 7.25. The van der Waals surface area contributed by atoms with E-state index in [2.05, 4.69) is 114 Å². The van der Waals surface area contributed by atoms with Crippen LogP contribution in [-0.2, 0) is 0 Å². The Morgan fingerprint density at radius 2 is 1.00 bits per heavy atom. The predicted octanol–water partition coefficient (Wildman–Crippen LogP) is 12.1. The van der Waals surface area contributed by atoms with Crippen LogP contribution in [0.2, 0.25) is 0 Å². The van der Waals surface area contributed by atoms with Gasteiger partial charge >= 0.3 is 0 Å². The Morgan fingerprint density at radius 3 is 1.69 bits per heavy atom. The van der Waals surface area contributed by atoms with Gasteiger partial charge in [0.15, 0.2) is 5.82 Å². The Bertz CT molecular complexity index is 2670. The van der Waals surface area contributed by atoms with Crippen LogP contribution in [-0.4, -0.2) is 15.0 Å². The van der Waals surface area contributed by atoms with Crippen molar-refractivity contribution in [1.82, 2.24) is 15.0 Å². The Kier molecular flexibility index (Phi) is 7.70. The minimum absolute atomic E-state index is 0.677. The third kappa shape index (κ3) is 5.95. The van der Waals surface area contributed by atoms with Crippen LogP contribution in [0.15, 0.2) is 170 Å². The van der Waals surface area contributed by atoms with Crippen LogP contribution in [0.25, 0.3) is 87.5 Å². The van der Waals surface area contributed by atoms with E-state index in [4.69, 9.17) is 9.97 Å². The summed E-state index contributed by atoms with van der Waals surface area (Å²) >= 11 is 1.72. The van der Waals surface area contributed by atoms with Crippen molar-refractivity contribution in [3.63, 3.8) is 0 Å². The van der Waals surface area contributed by atoms with Crippen LogP contribution in [0.3, 0.4) is 0 Å². The maximum Gasteiger partial charge on any atom is 0.160 e. The molecule has 0 fully saturated rings. The summed E-state index contributed by atoms with van der Waals surface area (Å²) in [6.07, 6.45) is 3.69. The molecule has 0 saturated carbocycles. The number of thiophene rings is 1. The van der Waals surface area contributed by atoms with Crippen LogP contribution in [0.4, 0.5) is 0 Å². The average molecular weight is 669 g/mol. The molecule has 4 nitrogen and oxygen atoms in total. The monoisotopic (exact) mass is 668 g/mol. The highest BCUT2D eigenvalue weighted by atomic mass is 32.1. The van der Waals surface area contributed by atoms with E-state index in [-0.39, 0.29) is 0 Å². The molecule has 9 rings (SSSR count). The topological polar surface area (TPSA) is 62.5 Å². The molecule has 0 atom stereocenters.